The molecule has 1 saturated carbocycles. The fourth-order valence-electron chi connectivity index (χ4n) is 4.16. The Hall–Kier alpha value is -4.01. The van der Waals surface area contributed by atoms with Crippen LogP contribution in [0.3, 0.4) is 0 Å². The minimum atomic E-state index is -0.350. The number of fused-ring (bicyclic) bond motifs is 1. The number of H-pyrrole nitrogens is 2. The maximum absolute atomic E-state index is 12.8. The zero-order valence-electron chi connectivity index (χ0n) is 17.4. The molecule has 1 aliphatic carbocycles. The first-order valence-corrected chi connectivity index (χ1v) is 10.7. The number of para-hydroxylation sites is 1. The van der Waals surface area contributed by atoms with Crippen molar-refractivity contribution in [2.24, 2.45) is 0 Å². The van der Waals surface area contributed by atoms with Gasteiger partial charge < -0.3 is 9.97 Å². The highest BCUT2D eigenvalue weighted by Crippen LogP contribution is 2.31. The summed E-state index contributed by atoms with van der Waals surface area (Å²) in [5.41, 5.74) is 2.78. The molecule has 1 fully saturated rings. The van der Waals surface area contributed by atoms with E-state index >= 15 is 0 Å². The summed E-state index contributed by atoms with van der Waals surface area (Å²) in [5, 5.41) is 5.46. The van der Waals surface area contributed by atoms with Crippen LogP contribution in [0.2, 0.25) is 0 Å². The van der Waals surface area contributed by atoms with Gasteiger partial charge in [0.05, 0.1) is 11.1 Å². The molecule has 0 unspecified atom stereocenters. The van der Waals surface area contributed by atoms with Gasteiger partial charge in [0.2, 0.25) is 11.9 Å². The van der Waals surface area contributed by atoms with Gasteiger partial charge in [0.15, 0.2) is 0 Å². The zero-order valence-corrected chi connectivity index (χ0v) is 17.4. The quantitative estimate of drug-likeness (QED) is 0.377. The van der Waals surface area contributed by atoms with Crippen molar-refractivity contribution >= 4 is 34.7 Å². The van der Waals surface area contributed by atoms with Gasteiger partial charge in [-0.2, -0.15) is 0 Å². The molecule has 0 saturated heterocycles. The lowest BCUT2D eigenvalue weighted by Gasteiger charge is -2.21. The van der Waals surface area contributed by atoms with E-state index < -0.39 is 0 Å². The van der Waals surface area contributed by atoms with E-state index in [0.717, 1.165) is 18.5 Å². The summed E-state index contributed by atoms with van der Waals surface area (Å²) < 4.78 is 0. The molecule has 4 aromatic rings. The minimum Gasteiger partial charge on any atom is -0.331 e. The van der Waals surface area contributed by atoms with Crippen LogP contribution in [0.1, 0.15) is 64.6 Å². The molecular formula is C23H23N7O2. The molecule has 0 aliphatic heterocycles. The molecule has 0 spiro atoms. The van der Waals surface area contributed by atoms with Crippen LogP contribution in [0, 0.1) is 0 Å². The largest absolute Gasteiger partial charge is 0.331 e. The van der Waals surface area contributed by atoms with Crippen molar-refractivity contribution < 1.29 is 9.59 Å². The van der Waals surface area contributed by atoms with Crippen LogP contribution in [0.5, 0.6) is 0 Å². The lowest BCUT2D eigenvalue weighted by molar-refractivity contribution is 0.101. The third-order valence-electron chi connectivity index (χ3n) is 5.75. The lowest BCUT2D eigenvalue weighted by atomic mass is 9.86. The Kier molecular flexibility index (Phi) is 5.37. The summed E-state index contributed by atoms with van der Waals surface area (Å²) in [7, 11) is 0. The number of hydrogen-bond acceptors (Lipinski definition) is 5. The van der Waals surface area contributed by atoms with E-state index in [1.807, 2.05) is 12.1 Å². The molecule has 4 N–H and O–H groups in total. The van der Waals surface area contributed by atoms with Crippen molar-refractivity contribution in [1.29, 1.82) is 0 Å². The first-order chi connectivity index (χ1) is 15.7. The van der Waals surface area contributed by atoms with Crippen molar-refractivity contribution in [1.82, 2.24) is 24.9 Å². The lowest BCUT2D eigenvalue weighted by Crippen LogP contribution is -2.16. The van der Waals surface area contributed by atoms with Crippen LogP contribution in [-0.2, 0) is 0 Å². The number of carbonyl (C=O) groups is 2. The fourth-order valence-corrected chi connectivity index (χ4v) is 4.16. The SMILES string of the molecule is O=C(Nc1nc2c(C(=O)Nc3ncc[nH]3)cccc2[nH]1)c1cccc(C2CCCCC2)n1. The number of aromatic nitrogens is 5. The second-order valence-corrected chi connectivity index (χ2v) is 7.92. The van der Waals surface area contributed by atoms with Gasteiger partial charge in [-0.1, -0.05) is 31.4 Å². The molecule has 32 heavy (non-hydrogen) atoms. The molecular weight excluding hydrogens is 406 g/mol. The van der Waals surface area contributed by atoms with Gasteiger partial charge in [0, 0.05) is 24.0 Å². The summed E-state index contributed by atoms with van der Waals surface area (Å²) in [6, 6.07) is 10.8. The van der Waals surface area contributed by atoms with E-state index in [-0.39, 0.29) is 17.8 Å². The first-order valence-electron chi connectivity index (χ1n) is 10.7. The number of aromatic amines is 2. The highest BCUT2D eigenvalue weighted by Gasteiger charge is 2.19. The Morgan fingerprint density at radius 2 is 1.72 bits per heavy atom. The zero-order chi connectivity index (χ0) is 21.9. The Labute approximate surface area is 184 Å². The smallest absolute Gasteiger partial charge is 0.276 e. The number of hydrogen-bond donors (Lipinski definition) is 4. The summed E-state index contributed by atoms with van der Waals surface area (Å²) >= 11 is 0. The predicted octanol–water partition coefficient (Wildman–Crippen LogP) is 4.23. The molecule has 3 aromatic heterocycles. The maximum atomic E-state index is 12.8. The third-order valence-corrected chi connectivity index (χ3v) is 5.75. The molecule has 5 rings (SSSR count). The molecule has 0 bridgehead atoms. The van der Waals surface area contributed by atoms with Crippen molar-refractivity contribution in [3.05, 3.63) is 65.7 Å². The normalized spacial score (nSPS) is 14.4. The van der Waals surface area contributed by atoms with Crippen molar-refractivity contribution in [3.63, 3.8) is 0 Å². The van der Waals surface area contributed by atoms with E-state index in [1.54, 1.807) is 36.7 Å². The monoisotopic (exact) mass is 429 g/mol. The van der Waals surface area contributed by atoms with Gasteiger partial charge >= 0.3 is 0 Å². The van der Waals surface area contributed by atoms with E-state index in [2.05, 4.69) is 35.6 Å². The Morgan fingerprint density at radius 3 is 2.53 bits per heavy atom. The van der Waals surface area contributed by atoms with Crippen LogP contribution in [0.25, 0.3) is 11.0 Å². The number of pyridine rings is 1. The van der Waals surface area contributed by atoms with Crippen molar-refractivity contribution in [2.45, 2.75) is 38.0 Å². The van der Waals surface area contributed by atoms with Crippen molar-refractivity contribution in [3.8, 4) is 0 Å². The van der Waals surface area contributed by atoms with Gasteiger partial charge in [-0.15, -0.1) is 0 Å². The van der Waals surface area contributed by atoms with Gasteiger partial charge in [0.1, 0.15) is 11.2 Å². The average molecular weight is 429 g/mol. The molecule has 0 atom stereocenters. The van der Waals surface area contributed by atoms with E-state index in [1.165, 1.54) is 19.3 Å². The van der Waals surface area contributed by atoms with E-state index in [0.29, 0.717) is 34.2 Å². The number of nitrogens with zero attached hydrogens (tertiary/aromatic N) is 3. The number of nitrogens with one attached hydrogen (secondary N) is 4. The summed E-state index contributed by atoms with van der Waals surface area (Å²) in [5.74, 6) is 0.325. The number of rotatable bonds is 5. The van der Waals surface area contributed by atoms with Crippen LogP contribution >= 0.6 is 0 Å². The molecule has 2 amide bonds. The molecule has 9 nitrogen and oxygen atoms in total. The molecule has 162 valence electrons. The van der Waals surface area contributed by atoms with Crippen LogP contribution < -0.4 is 10.6 Å². The standard InChI is InChI=1S/C23H23N7O2/c31-20(29-22-24-12-13-25-22)15-8-4-10-17-19(15)28-23(27-17)30-21(32)18-11-5-9-16(26-18)14-6-2-1-3-7-14/h4-5,8-14H,1-3,6-7H2,(H2,24,25,29,31)(H2,27,28,30,32). The number of anilines is 2. The number of carbonyl (C=O) groups excluding carboxylic acids is 2. The van der Waals surface area contributed by atoms with Gasteiger partial charge in [-0.3, -0.25) is 20.2 Å². The first kappa shape index (κ1) is 19.9. The fraction of sp³-hybridized carbons (Fsp3) is 0.261. The number of benzene rings is 1. The molecule has 3 heterocycles. The Balaban J connectivity index is 1.35. The topological polar surface area (TPSA) is 128 Å². The summed E-state index contributed by atoms with van der Waals surface area (Å²) in [6.07, 6.45) is 9.08. The second kappa shape index (κ2) is 8.62. The van der Waals surface area contributed by atoms with Gasteiger partial charge in [-0.25, -0.2) is 15.0 Å². The highest BCUT2D eigenvalue weighted by molar-refractivity contribution is 6.11. The van der Waals surface area contributed by atoms with Gasteiger partial charge in [0.25, 0.3) is 11.8 Å². The minimum absolute atomic E-state index is 0.258. The van der Waals surface area contributed by atoms with Crippen LogP contribution in [0.15, 0.2) is 48.8 Å². The highest BCUT2D eigenvalue weighted by atomic mass is 16.2. The molecule has 0 radical (unpaired) electrons. The average Bonchev–Trinajstić information content (AvgIpc) is 3.48. The third kappa shape index (κ3) is 4.09. The van der Waals surface area contributed by atoms with Crippen molar-refractivity contribution in [2.75, 3.05) is 10.6 Å². The van der Waals surface area contributed by atoms with Crippen LogP contribution in [0.4, 0.5) is 11.9 Å². The second-order valence-electron chi connectivity index (χ2n) is 7.92. The van der Waals surface area contributed by atoms with Gasteiger partial charge in [-0.05, 0) is 37.1 Å². The number of amides is 2. The predicted molar refractivity (Wildman–Crippen MR) is 121 cm³/mol. The Bertz CT molecular complexity index is 1260. The molecule has 9 heteroatoms. The maximum Gasteiger partial charge on any atom is 0.276 e. The van der Waals surface area contributed by atoms with E-state index in [9.17, 15) is 9.59 Å². The summed E-state index contributed by atoms with van der Waals surface area (Å²) in [6.45, 7) is 0. The van der Waals surface area contributed by atoms with Crippen LogP contribution in [-0.4, -0.2) is 36.7 Å². The van der Waals surface area contributed by atoms with E-state index in [4.69, 9.17) is 0 Å². The Morgan fingerprint density at radius 1 is 0.906 bits per heavy atom. The molecule has 1 aliphatic rings. The summed E-state index contributed by atoms with van der Waals surface area (Å²) in [4.78, 5) is 44.4. The number of imidazole rings is 2. The molecule has 1 aromatic carbocycles.